The van der Waals surface area contributed by atoms with Gasteiger partial charge < -0.3 is 9.72 Å². The summed E-state index contributed by atoms with van der Waals surface area (Å²) in [5.41, 5.74) is 8.95. The molecule has 1 amide bonds. The molecule has 0 aliphatic heterocycles. The monoisotopic (exact) mass is 437 g/mol. The van der Waals surface area contributed by atoms with Gasteiger partial charge in [-0.25, -0.2) is 5.43 Å². The minimum absolute atomic E-state index is 0.218. The number of carbonyl (C=O) groups is 1. The minimum atomic E-state index is -0.218. The number of ether oxygens (including phenoxy) is 1. The van der Waals surface area contributed by atoms with E-state index >= 15 is 0 Å². The number of fused-ring (bicyclic) bond motifs is 3. The van der Waals surface area contributed by atoms with Gasteiger partial charge in [0.25, 0.3) is 5.91 Å². The molecule has 0 bridgehead atoms. The van der Waals surface area contributed by atoms with Gasteiger partial charge in [0.05, 0.1) is 6.21 Å². The summed E-state index contributed by atoms with van der Waals surface area (Å²) < 4.78 is 5.86. The summed E-state index contributed by atoms with van der Waals surface area (Å²) in [7, 11) is 0. The number of rotatable bonds is 6. The number of carbonyl (C=O) groups excluding carboxylic acids is 1. The van der Waals surface area contributed by atoms with Crippen molar-refractivity contribution in [3.63, 3.8) is 0 Å². The largest absolute Gasteiger partial charge is 0.489 e. The van der Waals surface area contributed by atoms with Crippen molar-refractivity contribution in [3.8, 4) is 5.75 Å². The smallest absolute Gasteiger partial charge is 0.271 e. The van der Waals surface area contributed by atoms with E-state index in [2.05, 4.69) is 22.4 Å². The van der Waals surface area contributed by atoms with E-state index in [1.165, 1.54) is 17.7 Å². The van der Waals surface area contributed by atoms with Crippen LogP contribution in [0.1, 0.15) is 46.1 Å². The molecule has 2 N–H and O–H groups in total. The molecular formula is C28H27N3O2. The molecule has 1 aromatic heterocycles. The Bertz CT molecular complexity index is 1310. The van der Waals surface area contributed by atoms with E-state index in [-0.39, 0.29) is 5.91 Å². The zero-order valence-electron chi connectivity index (χ0n) is 18.7. The van der Waals surface area contributed by atoms with E-state index in [1.807, 2.05) is 72.8 Å². The standard InChI is InChI=1S/C28H27N3O2/c1-19-11-13-26-24(15-19)25-16-20(12-14-27(25)30-26)28(32)31-29-17-21-7-5-6-8-22(21)18-33-23-9-3-2-4-10-23/h2-10,12,14,16-17,19,30H,11,13,15,18H2,1H3,(H,31,32)/b29-17-. The van der Waals surface area contributed by atoms with Gasteiger partial charge >= 0.3 is 0 Å². The van der Waals surface area contributed by atoms with E-state index in [0.29, 0.717) is 18.1 Å². The predicted octanol–water partition coefficient (Wildman–Crippen LogP) is 5.64. The molecule has 33 heavy (non-hydrogen) atoms. The van der Waals surface area contributed by atoms with Crippen molar-refractivity contribution >= 4 is 23.0 Å². The molecule has 0 radical (unpaired) electrons. The van der Waals surface area contributed by atoms with Crippen LogP contribution < -0.4 is 10.2 Å². The Morgan fingerprint density at radius 3 is 2.82 bits per heavy atom. The summed E-state index contributed by atoms with van der Waals surface area (Å²) in [5, 5.41) is 5.36. The Hall–Kier alpha value is -3.86. The van der Waals surface area contributed by atoms with Crippen molar-refractivity contribution in [1.29, 1.82) is 0 Å². The number of hydrogen-bond acceptors (Lipinski definition) is 3. The zero-order chi connectivity index (χ0) is 22.6. The third-order valence-corrected chi connectivity index (χ3v) is 6.26. The summed E-state index contributed by atoms with van der Waals surface area (Å²) in [6.45, 7) is 2.71. The van der Waals surface area contributed by atoms with Crippen LogP contribution in [0.15, 0.2) is 77.9 Å². The van der Waals surface area contributed by atoms with Crippen molar-refractivity contribution in [2.24, 2.45) is 11.0 Å². The van der Waals surface area contributed by atoms with Crippen molar-refractivity contribution < 1.29 is 9.53 Å². The second-order valence-electron chi connectivity index (χ2n) is 8.69. The number of aromatic amines is 1. The highest BCUT2D eigenvalue weighted by molar-refractivity contribution is 5.99. The van der Waals surface area contributed by atoms with Crippen LogP contribution in [0.25, 0.3) is 10.9 Å². The van der Waals surface area contributed by atoms with Crippen molar-refractivity contribution in [2.75, 3.05) is 0 Å². The Labute approximate surface area is 193 Å². The van der Waals surface area contributed by atoms with Gasteiger partial charge in [0.1, 0.15) is 12.4 Å². The van der Waals surface area contributed by atoms with Crippen LogP contribution >= 0.6 is 0 Å². The Balaban J connectivity index is 1.28. The number of aromatic nitrogens is 1. The summed E-state index contributed by atoms with van der Waals surface area (Å²) in [5.74, 6) is 1.27. The number of H-pyrrole nitrogens is 1. The first-order chi connectivity index (χ1) is 16.2. The quantitative estimate of drug-likeness (QED) is 0.303. The molecule has 4 aromatic rings. The lowest BCUT2D eigenvalue weighted by atomic mass is 9.87. The number of hydrogen-bond donors (Lipinski definition) is 2. The molecule has 166 valence electrons. The molecule has 1 unspecified atom stereocenters. The minimum Gasteiger partial charge on any atom is -0.489 e. The van der Waals surface area contributed by atoms with E-state index in [4.69, 9.17) is 4.74 Å². The van der Waals surface area contributed by atoms with Gasteiger partial charge in [-0.15, -0.1) is 0 Å². The maximum absolute atomic E-state index is 12.8. The number of aryl methyl sites for hydroxylation is 1. The van der Waals surface area contributed by atoms with Crippen LogP contribution in [0, 0.1) is 5.92 Å². The molecule has 5 nitrogen and oxygen atoms in total. The maximum atomic E-state index is 12.8. The fourth-order valence-corrected chi connectivity index (χ4v) is 4.43. The van der Waals surface area contributed by atoms with Crippen molar-refractivity contribution in [1.82, 2.24) is 10.4 Å². The van der Waals surface area contributed by atoms with Crippen LogP contribution in [0.4, 0.5) is 0 Å². The lowest BCUT2D eigenvalue weighted by Crippen LogP contribution is -2.17. The molecule has 5 heteroatoms. The number of hydrazone groups is 1. The average molecular weight is 438 g/mol. The lowest BCUT2D eigenvalue weighted by molar-refractivity contribution is 0.0955. The molecule has 0 saturated heterocycles. The van der Waals surface area contributed by atoms with E-state index in [0.717, 1.165) is 40.6 Å². The first kappa shape index (κ1) is 21.0. The van der Waals surface area contributed by atoms with Gasteiger partial charge in [-0.2, -0.15) is 5.10 Å². The number of amides is 1. The molecule has 1 atom stereocenters. The van der Waals surface area contributed by atoms with Crippen LogP contribution in [0.5, 0.6) is 5.75 Å². The highest BCUT2D eigenvalue weighted by Gasteiger charge is 2.20. The molecule has 3 aromatic carbocycles. The zero-order valence-corrected chi connectivity index (χ0v) is 18.7. The third kappa shape index (κ3) is 4.67. The Morgan fingerprint density at radius 1 is 1.12 bits per heavy atom. The maximum Gasteiger partial charge on any atom is 0.271 e. The Kier molecular flexibility index (Phi) is 5.94. The van der Waals surface area contributed by atoms with Gasteiger partial charge in [0.15, 0.2) is 0 Å². The van der Waals surface area contributed by atoms with Crippen LogP contribution in [-0.4, -0.2) is 17.1 Å². The van der Waals surface area contributed by atoms with Gasteiger partial charge in [0, 0.05) is 27.7 Å². The third-order valence-electron chi connectivity index (χ3n) is 6.26. The summed E-state index contributed by atoms with van der Waals surface area (Å²) >= 11 is 0. The number of nitrogens with one attached hydrogen (secondary N) is 2. The summed E-state index contributed by atoms with van der Waals surface area (Å²) in [4.78, 5) is 16.3. The van der Waals surface area contributed by atoms with Gasteiger partial charge in [-0.3, -0.25) is 4.79 Å². The number of nitrogens with zero attached hydrogens (tertiary/aromatic N) is 1. The molecule has 0 saturated carbocycles. The van der Waals surface area contributed by atoms with E-state index in [9.17, 15) is 4.79 Å². The van der Waals surface area contributed by atoms with Gasteiger partial charge in [-0.05, 0) is 66.6 Å². The molecule has 5 rings (SSSR count). The highest BCUT2D eigenvalue weighted by atomic mass is 16.5. The molecule has 0 spiro atoms. The van der Waals surface area contributed by atoms with Crippen LogP contribution in [-0.2, 0) is 19.4 Å². The molecule has 0 fully saturated rings. The van der Waals surface area contributed by atoms with Crippen LogP contribution in [0.3, 0.4) is 0 Å². The average Bonchev–Trinajstić information content (AvgIpc) is 3.21. The van der Waals surface area contributed by atoms with Gasteiger partial charge in [-0.1, -0.05) is 49.4 Å². The van der Waals surface area contributed by atoms with Gasteiger partial charge in [0.2, 0.25) is 0 Å². The number of para-hydroxylation sites is 1. The second kappa shape index (κ2) is 9.33. The molecule has 1 aliphatic rings. The topological polar surface area (TPSA) is 66.5 Å². The fourth-order valence-electron chi connectivity index (χ4n) is 4.43. The summed E-state index contributed by atoms with van der Waals surface area (Å²) in [6, 6.07) is 23.4. The normalized spacial score (nSPS) is 15.5. The summed E-state index contributed by atoms with van der Waals surface area (Å²) in [6.07, 6.45) is 5.00. The first-order valence-electron chi connectivity index (χ1n) is 11.4. The fraction of sp³-hybridized carbons (Fsp3) is 0.214. The predicted molar refractivity (Wildman–Crippen MR) is 132 cm³/mol. The molecular weight excluding hydrogens is 410 g/mol. The van der Waals surface area contributed by atoms with Crippen molar-refractivity contribution in [2.45, 2.75) is 32.8 Å². The lowest BCUT2D eigenvalue weighted by Gasteiger charge is -2.18. The molecule has 1 heterocycles. The second-order valence-corrected chi connectivity index (χ2v) is 8.69. The SMILES string of the molecule is CC1CCc2[nH]c3ccc(C(=O)N/N=C\c4ccccc4COc4ccccc4)cc3c2C1. The van der Waals surface area contributed by atoms with E-state index in [1.54, 1.807) is 6.21 Å². The van der Waals surface area contributed by atoms with E-state index < -0.39 is 0 Å². The molecule has 1 aliphatic carbocycles. The van der Waals surface area contributed by atoms with Crippen molar-refractivity contribution in [3.05, 3.63) is 101 Å². The highest BCUT2D eigenvalue weighted by Crippen LogP contribution is 2.32. The van der Waals surface area contributed by atoms with Crippen LogP contribution in [0.2, 0.25) is 0 Å². The Morgan fingerprint density at radius 2 is 1.94 bits per heavy atom. The number of benzene rings is 3. The first-order valence-corrected chi connectivity index (χ1v) is 11.4.